The van der Waals surface area contributed by atoms with E-state index >= 15 is 0 Å². The van der Waals surface area contributed by atoms with Crippen molar-refractivity contribution < 1.29 is 19.0 Å². The fourth-order valence-electron chi connectivity index (χ4n) is 2.32. The number of ether oxygens (including phenoxy) is 3. The Morgan fingerprint density at radius 1 is 1.04 bits per heavy atom. The summed E-state index contributed by atoms with van der Waals surface area (Å²) in [5, 5.41) is 4.02. The van der Waals surface area contributed by atoms with Gasteiger partial charge in [-0.2, -0.15) is 5.10 Å². The molecule has 0 aliphatic rings. The molecule has 2 aromatic rings. The molecule has 0 atom stereocenters. The number of halogens is 1. The molecular formula is C20H23BrN2O4. The zero-order chi connectivity index (χ0) is 19.6. The Bertz CT molecular complexity index is 781. The normalized spacial score (nSPS) is 10.7. The highest BCUT2D eigenvalue weighted by atomic mass is 79.9. The molecule has 0 aliphatic carbocycles. The van der Waals surface area contributed by atoms with Crippen LogP contribution in [0.5, 0.6) is 17.2 Å². The molecule has 0 aromatic heterocycles. The van der Waals surface area contributed by atoms with Gasteiger partial charge in [0.15, 0.2) is 11.5 Å². The lowest BCUT2D eigenvalue weighted by molar-refractivity contribution is 0.0954. The first-order valence-electron chi connectivity index (χ1n) is 8.75. The molecule has 6 nitrogen and oxygen atoms in total. The van der Waals surface area contributed by atoms with E-state index in [9.17, 15) is 4.79 Å². The summed E-state index contributed by atoms with van der Waals surface area (Å²) in [5.74, 6) is 1.05. The van der Waals surface area contributed by atoms with E-state index in [0.717, 1.165) is 10.0 Å². The average molecular weight is 435 g/mol. The SMILES string of the molecule is CCOc1cc(C(=O)N/N=C\c2ccccc2Br)cc(OCC)c1OCC. The first-order valence-corrected chi connectivity index (χ1v) is 9.54. The van der Waals surface area contributed by atoms with Crippen LogP contribution in [0.2, 0.25) is 0 Å². The second-order valence-corrected chi connectivity index (χ2v) is 6.18. The molecule has 0 fully saturated rings. The van der Waals surface area contributed by atoms with Crippen LogP contribution in [0, 0.1) is 0 Å². The Morgan fingerprint density at radius 2 is 1.63 bits per heavy atom. The molecular weight excluding hydrogens is 412 g/mol. The first kappa shape index (κ1) is 20.8. The average Bonchev–Trinajstić information content (AvgIpc) is 2.66. The molecule has 1 N–H and O–H groups in total. The van der Waals surface area contributed by atoms with Crippen LogP contribution in [0.1, 0.15) is 36.7 Å². The molecule has 0 bridgehead atoms. The molecule has 7 heteroatoms. The molecule has 0 saturated carbocycles. The number of hydrazone groups is 1. The minimum absolute atomic E-state index is 0.370. The van der Waals surface area contributed by atoms with Crippen molar-refractivity contribution in [3.05, 3.63) is 52.0 Å². The largest absolute Gasteiger partial charge is 0.490 e. The van der Waals surface area contributed by atoms with Gasteiger partial charge in [-0.3, -0.25) is 4.79 Å². The van der Waals surface area contributed by atoms with Crippen molar-refractivity contribution >= 4 is 28.1 Å². The first-order chi connectivity index (χ1) is 13.1. The molecule has 2 aromatic carbocycles. The van der Waals surface area contributed by atoms with Crippen LogP contribution in [0.25, 0.3) is 0 Å². The van der Waals surface area contributed by atoms with E-state index in [1.807, 2.05) is 45.0 Å². The lowest BCUT2D eigenvalue weighted by Gasteiger charge is -2.16. The second kappa shape index (κ2) is 10.6. The number of nitrogens with zero attached hydrogens (tertiary/aromatic N) is 1. The Balaban J connectivity index is 2.25. The lowest BCUT2D eigenvalue weighted by atomic mass is 10.1. The van der Waals surface area contributed by atoms with Gasteiger partial charge in [-0.15, -0.1) is 0 Å². The zero-order valence-corrected chi connectivity index (χ0v) is 17.2. The quantitative estimate of drug-likeness (QED) is 0.468. The van der Waals surface area contributed by atoms with E-state index in [1.54, 1.807) is 18.3 Å². The van der Waals surface area contributed by atoms with Crippen LogP contribution in [-0.2, 0) is 0 Å². The number of amides is 1. The number of hydrogen-bond acceptors (Lipinski definition) is 5. The van der Waals surface area contributed by atoms with Gasteiger partial charge in [0.2, 0.25) is 5.75 Å². The van der Waals surface area contributed by atoms with E-state index in [-0.39, 0.29) is 5.91 Å². The lowest BCUT2D eigenvalue weighted by Crippen LogP contribution is -2.18. The molecule has 0 heterocycles. The van der Waals surface area contributed by atoms with Gasteiger partial charge in [0.25, 0.3) is 5.91 Å². The number of hydrogen-bond donors (Lipinski definition) is 1. The highest BCUT2D eigenvalue weighted by Crippen LogP contribution is 2.39. The minimum Gasteiger partial charge on any atom is -0.490 e. The third-order valence-electron chi connectivity index (χ3n) is 3.45. The fraction of sp³-hybridized carbons (Fsp3) is 0.300. The van der Waals surface area contributed by atoms with Crippen LogP contribution in [0.15, 0.2) is 46.0 Å². The highest BCUT2D eigenvalue weighted by molar-refractivity contribution is 9.10. The Kier molecular flexibility index (Phi) is 8.13. The van der Waals surface area contributed by atoms with Crippen LogP contribution in [0.3, 0.4) is 0 Å². The summed E-state index contributed by atoms with van der Waals surface area (Å²) in [7, 11) is 0. The van der Waals surface area contributed by atoms with Gasteiger partial charge >= 0.3 is 0 Å². The number of nitrogens with one attached hydrogen (secondary N) is 1. The number of carbonyl (C=O) groups excluding carboxylic acids is 1. The molecule has 2 rings (SSSR count). The van der Waals surface area contributed by atoms with Crippen LogP contribution in [-0.4, -0.2) is 31.9 Å². The van der Waals surface area contributed by atoms with Gasteiger partial charge in [-0.25, -0.2) is 5.43 Å². The molecule has 144 valence electrons. The third-order valence-corrected chi connectivity index (χ3v) is 4.17. The molecule has 0 spiro atoms. The maximum absolute atomic E-state index is 12.5. The molecule has 0 radical (unpaired) electrons. The van der Waals surface area contributed by atoms with Crippen molar-refractivity contribution in [2.75, 3.05) is 19.8 Å². The smallest absolute Gasteiger partial charge is 0.271 e. The number of rotatable bonds is 9. The zero-order valence-electron chi connectivity index (χ0n) is 15.6. The number of carbonyl (C=O) groups is 1. The molecule has 1 amide bonds. The van der Waals surface area contributed by atoms with E-state index in [2.05, 4.69) is 26.5 Å². The predicted octanol–water partition coefficient (Wildman–Crippen LogP) is 4.41. The van der Waals surface area contributed by atoms with Crippen molar-refractivity contribution in [2.45, 2.75) is 20.8 Å². The summed E-state index contributed by atoms with van der Waals surface area (Å²) in [4.78, 5) is 12.5. The fourth-order valence-corrected chi connectivity index (χ4v) is 2.71. The van der Waals surface area contributed by atoms with E-state index in [1.165, 1.54) is 0 Å². The summed E-state index contributed by atoms with van der Waals surface area (Å²) < 4.78 is 17.8. The maximum Gasteiger partial charge on any atom is 0.271 e. The number of benzene rings is 2. The summed E-state index contributed by atoms with van der Waals surface area (Å²) in [6.07, 6.45) is 1.57. The summed E-state index contributed by atoms with van der Waals surface area (Å²) in [5.41, 5.74) is 3.75. The molecule has 0 saturated heterocycles. The molecule has 0 unspecified atom stereocenters. The van der Waals surface area contributed by atoms with E-state index in [0.29, 0.717) is 42.6 Å². The van der Waals surface area contributed by atoms with Crippen molar-refractivity contribution in [3.63, 3.8) is 0 Å². The summed E-state index contributed by atoms with van der Waals surface area (Å²) in [6.45, 7) is 6.95. The van der Waals surface area contributed by atoms with Crippen molar-refractivity contribution in [1.29, 1.82) is 0 Å². The van der Waals surface area contributed by atoms with Gasteiger partial charge in [0, 0.05) is 15.6 Å². The molecule has 0 aliphatic heterocycles. The monoisotopic (exact) mass is 434 g/mol. The summed E-state index contributed by atoms with van der Waals surface area (Å²) in [6, 6.07) is 10.8. The van der Waals surface area contributed by atoms with Gasteiger partial charge in [0.05, 0.1) is 26.0 Å². The third kappa shape index (κ3) is 5.72. The molecule has 27 heavy (non-hydrogen) atoms. The predicted molar refractivity (Wildman–Crippen MR) is 109 cm³/mol. The Morgan fingerprint density at radius 3 is 2.19 bits per heavy atom. The standard InChI is InChI=1S/C20H23BrN2O4/c1-4-25-17-11-15(12-18(26-5-2)19(17)27-6-3)20(24)23-22-13-14-9-7-8-10-16(14)21/h7-13H,4-6H2,1-3H3,(H,23,24)/b22-13-. The van der Waals surface area contributed by atoms with Gasteiger partial charge in [-0.1, -0.05) is 34.1 Å². The van der Waals surface area contributed by atoms with Crippen molar-refractivity contribution in [3.8, 4) is 17.2 Å². The van der Waals surface area contributed by atoms with Crippen LogP contribution in [0.4, 0.5) is 0 Å². The van der Waals surface area contributed by atoms with Crippen molar-refractivity contribution in [1.82, 2.24) is 5.43 Å². The highest BCUT2D eigenvalue weighted by Gasteiger charge is 2.18. The minimum atomic E-state index is -0.372. The van der Waals surface area contributed by atoms with Crippen molar-refractivity contribution in [2.24, 2.45) is 5.10 Å². The van der Waals surface area contributed by atoms with Gasteiger partial charge in [-0.05, 0) is 39.0 Å². The van der Waals surface area contributed by atoms with Gasteiger partial charge < -0.3 is 14.2 Å². The maximum atomic E-state index is 12.5. The Hall–Kier alpha value is -2.54. The topological polar surface area (TPSA) is 69.2 Å². The second-order valence-electron chi connectivity index (χ2n) is 5.32. The Labute approximate surface area is 167 Å². The van der Waals surface area contributed by atoms with Crippen LogP contribution < -0.4 is 19.6 Å². The summed E-state index contributed by atoms with van der Waals surface area (Å²) >= 11 is 3.43. The van der Waals surface area contributed by atoms with E-state index in [4.69, 9.17) is 14.2 Å². The van der Waals surface area contributed by atoms with E-state index < -0.39 is 0 Å². The van der Waals surface area contributed by atoms with Crippen LogP contribution >= 0.6 is 15.9 Å². The van der Waals surface area contributed by atoms with Gasteiger partial charge in [0.1, 0.15) is 0 Å².